The van der Waals surface area contributed by atoms with E-state index in [1.807, 2.05) is 0 Å². The van der Waals surface area contributed by atoms with Crippen molar-refractivity contribution < 1.29 is 24.1 Å². The summed E-state index contributed by atoms with van der Waals surface area (Å²) in [5.41, 5.74) is 0.719. The van der Waals surface area contributed by atoms with Crippen molar-refractivity contribution in [2.75, 3.05) is 27.4 Å². The minimum atomic E-state index is -0.659. The maximum absolute atomic E-state index is 11.8. The number of methoxy groups -OCH3 is 2. The van der Waals surface area contributed by atoms with Gasteiger partial charge < -0.3 is 24.6 Å². The zero-order valence-corrected chi connectivity index (χ0v) is 12.9. The standard InChI is InChI=1S/C15H23NO5/c1-10(17)12-5-6-13(14(9-12)20-4)21-11(2)15(18)16-7-8-19-3/h5-6,9-11,17H,7-8H2,1-4H3,(H,16,18)/t10-,11?/m1/s1. The van der Waals surface area contributed by atoms with Gasteiger partial charge in [-0.1, -0.05) is 6.07 Å². The largest absolute Gasteiger partial charge is 0.493 e. The number of amides is 1. The third kappa shape index (κ3) is 5.24. The maximum atomic E-state index is 11.8. The molecular formula is C15H23NO5. The summed E-state index contributed by atoms with van der Waals surface area (Å²) >= 11 is 0. The van der Waals surface area contributed by atoms with E-state index in [9.17, 15) is 9.90 Å². The summed E-state index contributed by atoms with van der Waals surface area (Å²) in [5.74, 6) is 0.704. The van der Waals surface area contributed by atoms with Crippen LogP contribution in [0.1, 0.15) is 25.5 Å². The van der Waals surface area contributed by atoms with Crippen LogP contribution in [0.4, 0.5) is 0 Å². The van der Waals surface area contributed by atoms with E-state index in [1.54, 1.807) is 39.2 Å². The topological polar surface area (TPSA) is 77.0 Å². The third-order valence-electron chi connectivity index (χ3n) is 2.95. The molecule has 0 saturated carbocycles. The summed E-state index contributed by atoms with van der Waals surface area (Å²) in [6.07, 6.45) is -1.25. The lowest BCUT2D eigenvalue weighted by Crippen LogP contribution is -2.38. The first kappa shape index (κ1) is 17.3. The first-order valence-corrected chi connectivity index (χ1v) is 6.79. The summed E-state index contributed by atoms with van der Waals surface area (Å²) in [4.78, 5) is 11.8. The molecule has 1 unspecified atom stereocenters. The Kier molecular flexibility index (Phi) is 6.98. The van der Waals surface area contributed by atoms with Crippen molar-refractivity contribution in [3.63, 3.8) is 0 Å². The molecule has 0 aliphatic rings. The monoisotopic (exact) mass is 297 g/mol. The molecule has 6 heteroatoms. The van der Waals surface area contributed by atoms with Crippen LogP contribution in [0.15, 0.2) is 18.2 Å². The minimum absolute atomic E-state index is 0.228. The number of rotatable bonds is 8. The highest BCUT2D eigenvalue weighted by Crippen LogP contribution is 2.30. The van der Waals surface area contributed by atoms with E-state index in [2.05, 4.69) is 5.32 Å². The van der Waals surface area contributed by atoms with Crippen LogP contribution in [-0.2, 0) is 9.53 Å². The predicted molar refractivity (Wildman–Crippen MR) is 78.6 cm³/mol. The molecule has 1 amide bonds. The minimum Gasteiger partial charge on any atom is -0.493 e. The van der Waals surface area contributed by atoms with Gasteiger partial charge in [0.1, 0.15) is 0 Å². The Bertz CT molecular complexity index is 461. The van der Waals surface area contributed by atoms with Gasteiger partial charge in [-0.25, -0.2) is 0 Å². The molecule has 0 spiro atoms. The van der Waals surface area contributed by atoms with Crippen LogP contribution < -0.4 is 14.8 Å². The van der Waals surface area contributed by atoms with E-state index in [4.69, 9.17) is 14.2 Å². The molecule has 0 aliphatic carbocycles. The number of hydrogen-bond donors (Lipinski definition) is 2. The molecule has 1 aromatic rings. The summed E-state index contributed by atoms with van der Waals surface area (Å²) in [5, 5.41) is 12.3. The Hall–Kier alpha value is -1.79. The maximum Gasteiger partial charge on any atom is 0.260 e. The Morgan fingerprint density at radius 3 is 2.57 bits per heavy atom. The molecule has 21 heavy (non-hydrogen) atoms. The van der Waals surface area contributed by atoms with Gasteiger partial charge in [0.2, 0.25) is 0 Å². The zero-order valence-electron chi connectivity index (χ0n) is 12.9. The van der Waals surface area contributed by atoms with E-state index < -0.39 is 12.2 Å². The number of ether oxygens (including phenoxy) is 3. The smallest absolute Gasteiger partial charge is 0.260 e. The lowest BCUT2D eigenvalue weighted by molar-refractivity contribution is -0.127. The second-order valence-electron chi connectivity index (χ2n) is 4.63. The highest BCUT2D eigenvalue weighted by molar-refractivity contribution is 5.80. The second-order valence-corrected chi connectivity index (χ2v) is 4.63. The molecule has 1 rings (SSSR count). The van der Waals surface area contributed by atoms with Gasteiger partial charge in [-0.3, -0.25) is 4.79 Å². The van der Waals surface area contributed by atoms with Crippen LogP contribution in [0, 0.1) is 0 Å². The Morgan fingerprint density at radius 2 is 2.00 bits per heavy atom. The van der Waals surface area contributed by atoms with Gasteiger partial charge in [0.05, 0.1) is 19.8 Å². The molecule has 0 saturated heterocycles. The van der Waals surface area contributed by atoms with Crippen molar-refractivity contribution in [2.24, 2.45) is 0 Å². The van der Waals surface area contributed by atoms with Gasteiger partial charge in [-0.05, 0) is 31.5 Å². The van der Waals surface area contributed by atoms with Crippen LogP contribution in [0.5, 0.6) is 11.5 Å². The van der Waals surface area contributed by atoms with E-state index >= 15 is 0 Å². The fourth-order valence-electron chi connectivity index (χ4n) is 1.71. The van der Waals surface area contributed by atoms with Gasteiger partial charge in [0.25, 0.3) is 5.91 Å². The number of hydrogen-bond acceptors (Lipinski definition) is 5. The highest BCUT2D eigenvalue weighted by Gasteiger charge is 2.17. The lowest BCUT2D eigenvalue weighted by atomic mass is 10.1. The molecule has 0 aromatic heterocycles. The van der Waals surface area contributed by atoms with Gasteiger partial charge in [-0.15, -0.1) is 0 Å². The van der Waals surface area contributed by atoms with Crippen molar-refractivity contribution in [1.82, 2.24) is 5.32 Å². The summed E-state index contributed by atoms with van der Waals surface area (Å²) in [6.45, 7) is 4.21. The molecule has 118 valence electrons. The van der Waals surface area contributed by atoms with Crippen LogP contribution in [-0.4, -0.2) is 44.5 Å². The first-order valence-electron chi connectivity index (χ1n) is 6.79. The third-order valence-corrected chi connectivity index (χ3v) is 2.95. The Balaban J connectivity index is 2.71. The number of aliphatic hydroxyl groups is 1. The fourth-order valence-corrected chi connectivity index (χ4v) is 1.71. The van der Waals surface area contributed by atoms with Crippen molar-refractivity contribution in [2.45, 2.75) is 26.1 Å². The van der Waals surface area contributed by atoms with Crippen molar-refractivity contribution in [3.8, 4) is 11.5 Å². The SMILES string of the molecule is COCCNC(=O)C(C)Oc1ccc([C@@H](C)O)cc1OC. The number of carbonyl (C=O) groups is 1. The lowest BCUT2D eigenvalue weighted by Gasteiger charge is -2.17. The first-order chi connectivity index (χ1) is 9.99. The van der Waals surface area contributed by atoms with E-state index in [0.717, 1.165) is 5.56 Å². The molecule has 1 aromatic carbocycles. The normalized spacial score (nSPS) is 13.4. The molecule has 6 nitrogen and oxygen atoms in total. The van der Waals surface area contributed by atoms with Crippen LogP contribution >= 0.6 is 0 Å². The molecule has 0 bridgehead atoms. The fraction of sp³-hybridized carbons (Fsp3) is 0.533. The molecule has 0 heterocycles. The van der Waals surface area contributed by atoms with E-state index in [1.165, 1.54) is 7.11 Å². The van der Waals surface area contributed by atoms with Gasteiger partial charge in [-0.2, -0.15) is 0 Å². The Morgan fingerprint density at radius 1 is 1.29 bits per heavy atom. The summed E-state index contributed by atoms with van der Waals surface area (Å²) < 4.78 is 15.7. The van der Waals surface area contributed by atoms with Crippen LogP contribution in [0.25, 0.3) is 0 Å². The number of nitrogens with one attached hydrogen (secondary N) is 1. The van der Waals surface area contributed by atoms with Crippen LogP contribution in [0.3, 0.4) is 0 Å². The zero-order chi connectivity index (χ0) is 15.8. The molecule has 2 N–H and O–H groups in total. The van der Waals surface area contributed by atoms with E-state index in [-0.39, 0.29) is 5.91 Å². The number of aliphatic hydroxyl groups excluding tert-OH is 1. The molecule has 0 aliphatic heterocycles. The second kappa shape index (κ2) is 8.49. The average molecular weight is 297 g/mol. The molecular weight excluding hydrogens is 274 g/mol. The van der Waals surface area contributed by atoms with Crippen molar-refractivity contribution in [1.29, 1.82) is 0 Å². The van der Waals surface area contributed by atoms with Crippen molar-refractivity contribution in [3.05, 3.63) is 23.8 Å². The summed E-state index contributed by atoms with van der Waals surface area (Å²) in [7, 11) is 3.08. The van der Waals surface area contributed by atoms with Gasteiger partial charge in [0, 0.05) is 13.7 Å². The molecule has 0 radical (unpaired) electrons. The van der Waals surface area contributed by atoms with E-state index in [0.29, 0.717) is 24.7 Å². The number of carbonyl (C=O) groups excluding carboxylic acids is 1. The van der Waals surface area contributed by atoms with Crippen LogP contribution in [0.2, 0.25) is 0 Å². The van der Waals surface area contributed by atoms with Gasteiger partial charge in [0.15, 0.2) is 17.6 Å². The molecule has 2 atom stereocenters. The predicted octanol–water partition coefficient (Wildman–Crippen LogP) is 1.28. The van der Waals surface area contributed by atoms with Gasteiger partial charge >= 0.3 is 0 Å². The average Bonchev–Trinajstić information content (AvgIpc) is 2.47. The summed E-state index contributed by atoms with van der Waals surface area (Å²) in [6, 6.07) is 5.10. The highest BCUT2D eigenvalue weighted by atomic mass is 16.5. The van der Waals surface area contributed by atoms with Crippen molar-refractivity contribution >= 4 is 5.91 Å². The quantitative estimate of drug-likeness (QED) is 0.707. The molecule has 0 fully saturated rings. The Labute approximate surface area is 125 Å². The number of benzene rings is 1.